The van der Waals surface area contributed by atoms with Crippen LogP contribution in [0.2, 0.25) is 0 Å². The normalized spacial score (nSPS) is 11.7. The molecule has 1 heterocycles. The number of anilines is 2. The molecule has 0 saturated carbocycles. The summed E-state index contributed by atoms with van der Waals surface area (Å²) >= 11 is 0. The van der Waals surface area contributed by atoms with Crippen LogP contribution in [0, 0.1) is 0 Å². The molecule has 0 aliphatic heterocycles. The van der Waals surface area contributed by atoms with Crippen LogP contribution in [0.5, 0.6) is 5.75 Å². The molecule has 192 valence electrons. The van der Waals surface area contributed by atoms with Crippen LogP contribution in [0.3, 0.4) is 0 Å². The predicted octanol–water partition coefficient (Wildman–Crippen LogP) is 3.95. The maximum absolute atomic E-state index is 13.7. The van der Waals surface area contributed by atoms with Crippen molar-refractivity contribution in [1.29, 1.82) is 0 Å². The van der Waals surface area contributed by atoms with Gasteiger partial charge in [-0.2, -0.15) is 0 Å². The molecule has 0 aliphatic rings. The zero-order chi connectivity index (χ0) is 26.4. The number of hydrogen-bond donors (Lipinski definition) is 1. The fraction of sp³-hybridized carbons (Fsp3) is 0.286. The standard InChI is InChI=1S/C28H32N6O3/c1-5-25(28(36)29-21-12-14-22(15-13-21)32(2)3)33(18-20-10-16-23(37-4)17-11-20)27(35)19-34-26-9-7-6-8-24(26)30-31-34/h6-17,25H,5,18-19H2,1-4H3,(H,29,36). The minimum Gasteiger partial charge on any atom is -0.497 e. The highest BCUT2D eigenvalue weighted by atomic mass is 16.5. The molecule has 1 N–H and O–H groups in total. The number of nitrogens with one attached hydrogen (secondary N) is 1. The molecule has 1 atom stereocenters. The van der Waals surface area contributed by atoms with E-state index in [4.69, 9.17) is 4.74 Å². The quantitative estimate of drug-likeness (QED) is 0.355. The SMILES string of the molecule is CCC(C(=O)Nc1ccc(N(C)C)cc1)N(Cc1ccc(OC)cc1)C(=O)Cn1nnc2ccccc21. The van der Waals surface area contributed by atoms with Crippen molar-refractivity contribution in [2.75, 3.05) is 31.4 Å². The number of ether oxygens (including phenoxy) is 1. The van der Waals surface area contributed by atoms with Gasteiger partial charge >= 0.3 is 0 Å². The molecule has 0 saturated heterocycles. The number of para-hydroxylation sites is 1. The van der Waals surface area contributed by atoms with E-state index in [0.717, 1.165) is 22.5 Å². The number of hydrogen-bond acceptors (Lipinski definition) is 6. The molecular weight excluding hydrogens is 468 g/mol. The highest BCUT2D eigenvalue weighted by molar-refractivity contribution is 5.97. The topological polar surface area (TPSA) is 92.6 Å². The summed E-state index contributed by atoms with van der Waals surface area (Å²) in [6.07, 6.45) is 0.446. The number of nitrogens with zero attached hydrogens (tertiary/aromatic N) is 5. The van der Waals surface area contributed by atoms with E-state index in [9.17, 15) is 9.59 Å². The molecule has 2 amide bonds. The van der Waals surface area contributed by atoms with Gasteiger partial charge in [0.05, 0.1) is 12.6 Å². The molecule has 4 rings (SSSR count). The molecule has 9 nitrogen and oxygen atoms in total. The van der Waals surface area contributed by atoms with Crippen LogP contribution in [0.15, 0.2) is 72.8 Å². The smallest absolute Gasteiger partial charge is 0.247 e. The number of aromatic nitrogens is 3. The number of amides is 2. The van der Waals surface area contributed by atoms with Crippen molar-refractivity contribution in [3.05, 3.63) is 78.4 Å². The molecular formula is C28H32N6O3. The minimum atomic E-state index is -0.682. The lowest BCUT2D eigenvalue weighted by Gasteiger charge is -2.30. The maximum atomic E-state index is 13.7. The summed E-state index contributed by atoms with van der Waals surface area (Å²) in [5.74, 6) is 0.253. The Labute approximate surface area is 216 Å². The van der Waals surface area contributed by atoms with Crippen molar-refractivity contribution >= 4 is 34.2 Å². The number of methoxy groups -OCH3 is 1. The van der Waals surface area contributed by atoms with E-state index in [0.29, 0.717) is 17.6 Å². The van der Waals surface area contributed by atoms with Crippen LogP contribution in [0.4, 0.5) is 11.4 Å². The highest BCUT2D eigenvalue weighted by Gasteiger charge is 2.29. The van der Waals surface area contributed by atoms with Crippen molar-refractivity contribution in [3.8, 4) is 5.75 Å². The van der Waals surface area contributed by atoms with Crippen LogP contribution < -0.4 is 15.0 Å². The highest BCUT2D eigenvalue weighted by Crippen LogP contribution is 2.20. The van der Waals surface area contributed by atoms with Gasteiger partial charge in [-0.15, -0.1) is 5.10 Å². The van der Waals surface area contributed by atoms with Crippen molar-refractivity contribution in [1.82, 2.24) is 19.9 Å². The number of fused-ring (bicyclic) bond motifs is 1. The summed E-state index contributed by atoms with van der Waals surface area (Å²) < 4.78 is 6.84. The lowest BCUT2D eigenvalue weighted by Crippen LogP contribution is -2.47. The first-order valence-electron chi connectivity index (χ1n) is 12.2. The Kier molecular flexibility index (Phi) is 8.02. The third-order valence-electron chi connectivity index (χ3n) is 6.25. The third-order valence-corrected chi connectivity index (χ3v) is 6.25. The summed E-state index contributed by atoms with van der Waals surface area (Å²) in [6, 6.07) is 21.9. The Morgan fingerprint density at radius 3 is 2.35 bits per heavy atom. The fourth-order valence-electron chi connectivity index (χ4n) is 4.17. The summed E-state index contributed by atoms with van der Waals surface area (Å²) in [6.45, 7) is 2.14. The summed E-state index contributed by atoms with van der Waals surface area (Å²) in [5, 5.41) is 11.3. The van der Waals surface area contributed by atoms with Crippen LogP contribution in [0.1, 0.15) is 18.9 Å². The van der Waals surface area contributed by atoms with Crippen molar-refractivity contribution in [2.45, 2.75) is 32.5 Å². The van der Waals surface area contributed by atoms with Gasteiger partial charge in [-0.1, -0.05) is 36.4 Å². The summed E-state index contributed by atoms with van der Waals surface area (Å²) in [5.41, 5.74) is 4.07. The van der Waals surface area contributed by atoms with E-state index >= 15 is 0 Å². The second-order valence-corrected chi connectivity index (χ2v) is 8.96. The summed E-state index contributed by atoms with van der Waals surface area (Å²) in [4.78, 5) is 30.7. The average molecular weight is 501 g/mol. The second-order valence-electron chi connectivity index (χ2n) is 8.96. The molecule has 37 heavy (non-hydrogen) atoms. The van der Waals surface area contributed by atoms with Gasteiger partial charge in [0.1, 0.15) is 23.9 Å². The molecule has 3 aromatic carbocycles. The van der Waals surface area contributed by atoms with Gasteiger partial charge in [0.25, 0.3) is 0 Å². The fourth-order valence-corrected chi connectivity index (χ4v) is 4.17. The van der Waals surface area contributed by atoms with Crippen molar-refractivity contribution in [2.24, 2.45) is 0 Å². The van der Waals surface area contributed by atoms with E-state index in [1.807, 2.05) is 98.7 Å². The van der Waals surface area contributed by atoms with E-state index in [1.54, 1.807) is 16.7 Å². The molecule has 0 spiro atoms. The largest absolute Gasteiger partial charge is 0.497 e. The first-order chi connectivity index (χ1) is 17.9. The second kappa shape index (κ2) is 11.6. The van der Waals surface area contributed by atoms with E-state index in [2.05, 4.69) is 15.6 Å². The Hall–Kier alpha value is -4.40. The third kappa shape index (κ3) is 6.06. The molecule has 0 radical (unpaired) electrons. The van der Waals surface area contributed by atoms with Crippen LogP contribution in [-0.2, 0) is 22.7 Å². The minimum absolute atomic E-state index is 0.0298. The first-order valence-corrected chi connectivity index (χ1v) is 12.2. The van der Waals surface area contributed by atoms with Crippen LogP contribution >= 0.6 is 0 Å². The molecule has 4 aromatic rings. The zero-order valence-electron chi connectivity index (χ0n) is 21.6. The van der Waals surface area contributed by atoms with Gasteiger partial charge in [0.2, 0.25) is 11.8 Å². The lowest BCUT2D eigenvalue weighted by molar-refractivity contribution is -0.140. The van der Waals surface area contributed by atoms with E-state index in [1.165, 1.54) is 0 Å². The summed E-state index contributed by atoms with van der Waals surface area (Å²) in [7, 11) is 5.53. The van der Waals surface area contributed by atoms with Gasteiger partial charge < -0.3 is 19.9 Å². The maximum Gasteiger partial charge on any atom is 0.247 e. The van der Waals surface area contributed by atoms with Gasteiger partial charge in [-0.25, -0.2) is 4.68 Å². The molecule has 9 heteroatoms. The zero-order valence-corrected chi connectivity index (χ0v) is 21.6. The lowest BCUT2D eigenvalue weighted by atomic mass is 10.1. The molecule has 0 bridgehead atoms. The number of rotatable bonds is 10. The van der Waals surface area contributed by atoms with E-state index < -0.39 is 6.04 Å². The van der Waals surface area contributed by atoms with Gasteiger partial charge in [0.15, 0.2) is 0 Å². The van der Waals surface area contributed by atoms with Gasteiger partial charge in [0, 0.05) is 32.0 Å². The molecule has 0 fully saturated rings. The number of carbonyl (C=O) groups excluding carboxylic acids is 2. The Morgan fingerprint density at radius 2 is 1.70 bits per heavy atom. The predicted molar refractivity (Wildman–Crippen MR) is 145 cm³/mol. The Bertz CT molecular complexity index is 1350. The van der Waals surface area contributed by atoms with Gasteiger partial charge in [-0.05, 0) is 60.5 Å². The Morgan fingerprint density at radius 1 is 1.00 bits per heavy atom. The number of carbonyl (C=O) groups is 2. The van der Waals surface area contributed by atoms with Crippen molar-refractivity contribution < 1.29 is 14.3 Å². The first kappa shape index (κ1) is 25.7. The molecule has 1 aromatic heterocycles. The number of benzene rings is 3. The monoisotopic (exact) mass is 500 g/mol. The average Bonchev–Trinajstić information content (AvgIpc) is 3.32. The van der Waals surface area contributed by atoms with Crippen LogP contribution in [-0.4, -0.2) is 59.0 Å². The van der Waals surface area contributed by atoms with E-state index in [-0.39, 0.29) is 24.9 Å². The Balaban J connectivity index is 1.59. The van der Waals surface area contributed by atoms with Crippen LogP contribution in [0.25, 0.3) is 11.0 Å². The van der Waals surface area contributed by atoms with Crippen molar-refractivity contribution in [3.63, 3.8) is 0 Å². The van der Waals surface area contributed by atoms with Gasteiger partial charge in [-0.3, -0.25) is 9.59 Å². The molecule has 0 aliphatic carbocycles. The molecule has 1 unspecified atom stereocenters.